The zero-order valence-electron chi connectivity index (χ0n) is 12.6. The molecular formula is C16H15N3O3S. The predicted molar refractivity (Wildman–Crippen MR) is 86.5 cm³/mol. The maximum Gasteiger partial charge on any atom is 0.264 e. The maximum absolute atomic E-state index is 12.5. The third kappa shape index (κ3) is 3.24. The van der Waals surface area contributed by atoms with E-state index in [1.165, 1.54) is 6.07 Å². The number of aromatic nitrogens is 2. The first-order valence-corrected chi connectivity index (χ1v) is 8.41. The van der Waals surface area contributed by atoms with Crippen molar-refractivity contribution >= 4 is 15.9 Å². The summed E-state index contributed by atoms with van der Waals surface area (Å²) in [4.78, 5) is 4.21. The average molecular weight is 329 g/mol. The van der Waals surface area contributed by atoms with Gasteiger partial charge in [-0.2, -0.15) is 0 Å². The van der Waals surface area contributed by atoms with Gasteiger partial charge in [-0.25, -0.2) is 13.1 Å². The molecule has 118 valence electrons. The predicted octanol–water partition coefficient (Wildman–Crippen LogP) is 3.15. The van der Waals surface area contributed by atoms with Crippen LogP contribution in [0, 0.1) is 13.8 Å². The molecule has 0 aliphatic heterocycles. The van der Waals surface area contributed by atoms with Crippen molar-refractivity contribution in [2.24, 2.45) is 0 Å². The number of hydrogen-bond donors (Lipinski definition) is 1. The van der Waals surface area contributed by atoms with E-state index in [0.29, 0.717) is 11.3 Å². The van der Waals surface area contributed by atoms with Crippen molar-refractivity contribution in [2.75, 3.05) is 4.72 Å². The van der Waals surface area contributed by atoms with Crippen molar-refractivity contribution in [1.29, 1.82) is 0 Å². The van der Waals surface area contributed by atoms with Crippen LogP contribution in [0.25, 0.3) is 11.3 Å². The molecule has 0 unspecified atom stereocenters. The number of hydrogen-bond acceptors (Lipinski definition) is 5. The molecule has 23 heavy (non-hydrogen) atoms. The van der Waals surface area contributed by atoms with Crippen molar-refractivity contribution in [2.45, 2.75) is 18.7 Å². The Kier molecular flexibility index (Phi) is 3.87. The number of rotatable bonds is 4. The molecule has 2 heterocycles. The standard InChI is InChI=1S/C16H15N3O3S/c1-11-5-6-12(2)15(8-11)23(20,21)19-16-9-14(18-22-16)13-4-3-7-17-10-13/h3-10,19H,1-2H3. The molecule has 7 heteroatoms. The number of sulfonamides is 1. The number of anilines is 1. The van der Waals surface area contributed by atoms with Crippen LogP contribution in [0.1, 0.15) is 11.1 Å². The minimum absolute atomic E-state index is 0.0600. The van der Waals surface area contributed by atoms with Crippen LogP contribution in [0.15, 0.2) is 58.2 Å². The second-order valence-corrected chi connectivity index (χ2v) is 6.84. The number of benzene rings is 1. The minimum atomic E-state index is -3.73. The Bertz CT molecular complexity index is 934. The molecule has 0 bridgehead atoms. The highest BCUT2D eigenvalue weighted by atomic mass is 32.2. The van der Waals surface area contributed by atoms with Gasteiger partial charge in [0.25, 0.3) is 10.0 Å². The summed E-state index contributed by atoms with van der Waals surface area (Å²) in [7, 11) is -3.73. The topological polar surface area (TPSA) is 85.1 Å². The van der Waals surface area contributed by atoms with Crippen molar-refractivity contribution in [3.05, 3.63) is 59.9 Å². The van der Waals surface area contributed by atoms with Gasteiger partial charge in [-0.1, -0.05) is 17.3 Å². The van der Waals surface area contributed by atoms with Crippen LogP contribution in [-0.4, -0.2) is 18.6 Å². The van der Waals surface area contributed by atoms with Crippen LogP contribution in [0.4, 0.5) is 5.88 Å². The molecular weight excluding hydrogens is 314 g/mol. The Morgan fingerprint density at radius 2 is 1.96 bits per heavy atom. The van der Waals surface area contributed by atoms with E-state index >= 15 is 0 Å². The lowest BCUT2D eigenvalue weighted by Crippen LogP contribution is -2.14. The van der Waals surface area contributed by atoms with Crippen molar-refractivity contribution in [3.63, 3.8) is 0 Å². The highest BCUT2D eigenvalue weighted by Gasteiger charge is 2.19. The van der Waals surface area contributed by atoms with Gasteiger partial charge in [-0.15, -0.1) is 0 Å². The van der Waals surface area contributed by atoms with Gasteiger partial charge < -0.3 is 4.52 Å². The third-order valence-corrected chi connectivity index (χ3v) is 4.82. The normalized spacial score (nSPS) is 11.4. The zero-order chi connectivity index (χ0) is 16.4. The molecule has 1 N–H and O–H groups in total. The van der Waals surface area contributed by atoms with E-state index in [9.17, 15) is 8.42 Å². The number of aryl methyl sites for hydroxylation is 2. The summed E-state index contributed by atoms with van der Waals surface area (Å²) in [5.41, 5.74) is 2.78. The van der Waals surface area contributed by atoms with Crippen LogP contribution >= 0.6 is 0 Å². The summed E-state index contributed by atoms with van der Waals surface area (Å²) in [5.74, 6) is 0.0600. The molecule has 0 saturated carbocycles. The van der Waals surface area contributed by atoms with Crippen LogP contribution in [0.5, 0.6) is 0 Å². The largest absolute Gasteiger partial charge is 0.337 e. The molecule has 6 nitrogen and oxygen atoms in total. The molecule has 0 atom stereocenters. The summed E-state index contributed by atoms with van der Waals surface area (Å²) in [6.45, 7) is 3.59. The average Bonchev–Trinajstić information content (AvgIpc) is 2.98. The first-order valence-electron chi connectivity index (χ1n) is 6.93. The molecule has 0 amide bonds. The first kappa shape index (κ1) is 15.2. The van der Waals surface area contributed by atoms with Gasteiger partial charge in [0.15, 0.2) is 0 Å². The Labute approximate surface area is 134 Å². The summed E-state index contributed by atoms with van der Waals surface area (Å²) >= 11 is 0. The van der Waals surface area contributed by atoms with Gasteiger partial charge in [0, 0.05) is 24.0 Å². The van der Waals surface area contributed by atoms with E-state index in [1.54, 1.807) is 37.5 Å². The Balaban J connectivity index is 1.90. The molecule has 3 rings (SSSR count). The summed E-state index contributed by atoms with van der Waals surface area (Å²) < 4.78 is 32.5. The SMILES string of the molecule is Cc1ccc(C)c(S(=O)(=O)Nc2cc(-c3cccnc3)no2)c1. The maximum atomic E-state index is 12.5. The van der Waals surface area contributed by atoms with E-state index in [4.69, 9.17) is 4.52 Å². The van der Waals surface area contributed by atoms with Gasteiger partial charge in [0.05, 0.1) is 4.90 Å². The van der Waals surface area contributed by atoms with Crippen molar-refractivity contribution in [1.82, 2.24) is 10.1 Å². The second-order valence-electron chi connectivity index (χ2n) is 5.19. The lowest BCUT2D eigenvalue weighted by Gasteiger charge is -2.08. The number of nitrogens with one attached hydrogen (secondary N) is 1. The van der Waals surface area contributed by atoms with Crippen molar-refractivity contribution in [3.8, 4) is 11.3 Å². The first-order chi connectivity index (χ1) is 11.0. The van der Waals surface area contributed by atoms with E-state index in [2.05, 4.69) is 14.9 Å². The van der Waals surface area contributed by atoms with Gasteiger partial charge >= 0.3 is 0 Å². The molecule has 0 fully saturated rings. The van der Waals surface area contributed by atoms with Crippen LogP contribution in [-0.2, 0) is 10.0 Å². The minimum Gasteiger partial charge on any atom is -0.337 e. The zero-order valence-corrected chi connectivity index (χ0v) is 13.5. The number of pyridine rings is 1. The smallest absolute Gasteiger partial charge is 0.264 e. The highest BCUT2D eigenvalue weighted by Crippen LogP contribution is 2.24. The quantitative estimate of drug-likeness (QED) is 0.794. The van der Waals surface area contributed by atoms with Crippen LogP contribution in [0.2, 0.25) is 0 Å². The van der Waals surface area contributed by atoms with E-state index in [0.717, 1.165) is 11.1 Å². The van der Waals surface area contributed by atoms with Gasteiger partial charge in [0.2, 0.25) is 5.88 Å². The monoisotopic (exact) mass is 329 g/mol. The Morgan fingerprint density at radius 3 is 2.70 bits per heavy atom. The summed E-state index contributed by atoms with van der Waals surface area (Å²) in [5, 5.41) is 3.86. The fourth-order valence-electron chi connectivity index (χ4n) is 2.16. The lowest BCUT2D eigenvalue weighted by molar-refractivity contribution is 0.438. The Morgan fingerprint density at radius 1 is 1.13 bits per heavy atom. The number of nitrogens with zero attached hydrogens (tertiary/aromatic N) is 2. The van der Waals surface area contributed by atoms with Crippen LogP contribution in [0.3, 0.4) is 0 Å². The van der Waals surface area contributed by atoms with Crippen molar-refractivity contribution < 1.29 is 12.9 Å². The van der Waals surface area contributed by atoms with Gasteiger partial charge in [-0.3, -0.25) is 4.98 Å². The molecule has 0 radical (unpaired) electrons. The van der Waals surface area contributed by atoms with Gasteiger partial charge in [-0.05, 0) is 43.2 Å². The summed E-state index contributed by atoms with van der Waals surface area (Å²) in [6, 6.07) is 10.4. The fourth-order valence-corrected chi connectivity index (χ4v) is 3.46. The highest BCUT2D eigenvalue weighted by molar-refractivity contribution is 7.92. The van der Waals surface area contributed by atoms with E-state index in [1.807, 2.05) is 19.1 Å². The van der Waals surface area contributed by atoms with Crippen LogP contribution < -0.4 is 4.72 Å². The Hall–Kier alpha value is -2.67. The molecule has 0 aliphatic carbocycles. The molecule has 3 aromatic rings. The molecule has 0 aliphatic rings. The second kappa shape index (κ2) is 5.85. The third-order valence-electron chi connectivity index (χ3n) is 3.34. The molecule has 0 saturated heterocycles. The molecule has 1 aromatic carbocycles. The molecule has 2 aromatic heterocycles. The molecule has 0 spiro atoms. The summed E-state index contributed by atoms with van der Waals surface area (Å²) in [6.07, 6.45) is 3.27. The fraction of sp³-hybridized carbons (Fsp3) is 0.125. The van der Waals surface area contributed by atoms with Gasteiger partial charge in [0.1, 0.15) is 5.69 Å². The van der Waals surface area contributed by atoms with E-state index in [-0.39, 0.29) is 10.8 Å². The van der Waals surface area contributed by atoms with E-state index < -0.39 is 10.0 Å². The lowest BCUT2D eigenvalue weighted by atomic mass is 10.2.